The van der Waals surface area contributed by atoms with Crippen molar-refractivity contribution >= 4 is 17.5 Å². The van der Waals surface area contributed by atoms with Crippen molar-refractivity contribution in [3.8, 4) is 0 Å². The SMILES string of the molecule is CC(C)NCc1ccccc1.CCCC(OC)C(=O)Nc1ccnc(C(=O)N2CCN(C)CC2)c1. The van der Waals surface area contributed by atoms with Crippen molar-refractivity contribution in [3.63, 3.8) is 0 Å². The lowest BCUT2D eigenvalue weighted by atomic mass is 10.2. The van der Waals surface area contributed by atoms with E-state index in [-0.39, 0.29) is 11.8 Å². The average Bonchev–Trinajstić information content (AvgIpc) is 2.87. The van der Waals surface area contributed by atoms with Crippen LogP contribution in [0, 0.1) is 0 Å². The largest absolute Gasteiger partial charge is 0.372 e. The summed E-state index contributed by atoms with van der Waals surface area (Å²) < 4.78 is 5.20. The lowest BCUT2D eigenvalue weighted by Gasteiger charge is -2.32. The van der Waals surface area contributed by atoms with E-state index in [2.05, 4.69) is 58.6 Å². The third-order valence-electron chi connectivity index (χ3n) is 5.72. The van der Waals surface area contributed by atoms with Gasteiger partial charge < -0.3 is 25.2 Å². The highest BCUT2D eigenvalue weighted by molar-refractivity contribution is 5.97. The first-order valence-corrected chi connectivity index (χ1v) is 12.4. The van der Waals surface area contributed by atoms with Gasteiger partial charge in [0.15, 0.2) is 0 Å². The minimum absolute atomic E-state index is 0.101. The Morgan fingerprint density at radius 2 is 1.77 bits per heavy atom. The molecule has 1 aliphatic rings. The lowest BCUT2D eigenvalue weighted by Crippen LogP contribution is -2.47. The second kappa shape index (κ2) is 15.2. The maximum absolute atomic E-state index is 12.5. The topological polar surface area (TPSA) is 86.8 Å². The Labute approximate surface area is 210 Å². The molecule has 1 aromatic carbocycles. The number of nitrogens with one attached hydrogen (secondary N) is 2. The van der Waals surface area contributed by atoms with Crippen molar-refractivity contribution in [3.05, 3.63) is 59.9 Å². The van der Waals surface area contributed by atoms with Gasteiger partial charge in [0.2, 0.25) is 0 Å². The van der Waals surface area contributed by atoms with E-state index in [9.17, 15) is 9.59 Å². The van der Waals surface area contributed by atoms with E-state index in [1.807, 2.05) is 20.0 Å². The highest BCUT2D eigenvalue weighted by Crippen LogP contribution is 2.13. The number of carbonyl (C=O) groups excluding carboxylic acids is 2. The molecule has 0 aliphatic carbocycles. The number of piperazine rings is 1. The van der Waals surface area contributed by atoms with Gasteiger partial charge in [-0.15, -0.1) is 0 Å². The van der Waals surface area contributed by atoms with Gasteiger partial charge in [0.1, 0.15) is 11.8 Å². The Kier molecular flexibility index (Phi) is 12.4. The molecule has 2 heterocycles. The molecule has 0 spiro atoms. The monoisotopic (exact) mass is 483 g/mol. The molecular weight excluding hydrogens is 442 g/mol. The summed E-state index contributed by atoms with van der Waals surface area (Å²) in [6.07, 6.45) is 2.57. The van der Waals surface area contributed by atoms with Gasteiger partial charge in [-0.25, -0.2) is 0 Å². The number of likely N-dealkylation sites (N-methyl/N-ethyl adjacent to an activating group) is 1. The summed E-state index contributed by atoms with van der Waals surface area (Å²) in [4.78, 5) is 32.9. The Balaban J connectivity index is 0.000000328. The molecule has 0 saturated carbocycles. The smallest absolute Gasteiger partial charge is 0.272 e. The fourth-order valence-corrected chi connectivity index (χ4v) is 3.56. The molecule has 1 aliphatic heterocycles. The van der Waals surface area contributed by atoms with Crippen LogP contribution in [-0.4, -0.2) is 79.1 Å². The van der Waals surface area contributed by atoms with Crippen molar-refractivity contribution in [1.82, 2.24) is 20.1 Å². The van der Waals surface area contributed by atoms with Crippen LogP contribution in [0.2, 0.25) is 0 Å². The fourth-order valence-electron chi connectivity index (χ4n) is 3.56. The summed E-state index contributed by atoms with van der Waals surface area (Å²) >= 11 is 0. The second-order valence-corrected chi connectivity index (χ2v) is 9.05. The Bertz CT molecular complexity index is 899. The number of carbonyl (C=O) groups is 2. The number of benzene rings is 1. The van der Waals surface area contributed by atoms with Crippen LogP contribution in [0.1, 0.15) is 49.7 Å². The molecule has 8 nitrogen and oxygen atoms in total. The zero-order chi connectivity index (χ0) is 25.6. The van der Waals surface area contributed by atoms with Crippen LogP contribution in [0.15, 0.2) is 48.7 Å². The predicted molar refractivity (Wildman–Crippen MR) is 140 cm³/mol. The fraction of sp³-hybridized carbons (Fsp3) is 0.519. The number of anilines is 1. The first-order valence-electron chi connectivity index (χ1n) is 12.4. The molecule has 1 saturated heterocycles. The van der Waals surface area contributed by atoms with Gasteiger partial charge in [-0.1, -0.05) is 57.5 Å². The summed E-state index contributed by atoms with van der Waals surface area (Å²) in [5.41, 5.74) is 2.26. The molecule has 1 aromatic heterocycles. The molecule has 3 rings (SSSR count). The van der Waals surface area contributed by atoms with E-state index >= 15 is 0 Å². The quantitative estimate of drug-likeness (QED) is 0.569. The summed E-state index contributed by atoms with van der Waals surface area (Å²) in [7, 11) is 3.56. The van der Waals surface area contributed by atoms with E-state index in [1.54, 1.807) is 23.2 Å². The van der Waals surface area contributed by atoms with Crippen LogP contribution in [-0.2, 0) is 16.1 Å². The minimum atomic E-state index is -0.486. The maximum atomic E-state index is 12.5. The molecule has 8 heteroatoms. The molecule has 2 aromatic rings. The van der Waals surface area contributed by atoms with Gasteiger partial charge in [0, 0.05) is 57.8 Å². The van der Waals surface area contributed by atoms with Crippen LogP contribution < -0.4 is 10.6 Å². The van der Waals surface area contributed by atoms with Crippen molar-refractivity contribution in [2.24, 2.45) is 0 Å². The van der Waals surface area contributed by atoms with Crippen LogP contribution in [0.25, 0.3) is 0 Å². The van der Waals surface area contributed by atoms with E-state index in [4.69, 9.17) is 4.74 Å². The van der Waals surface area contributed by atoms with E-state index in [0.29, 0.717) is 36.9 Å². The number of amides is 2. The Hall–Kier alpha value is -2.81. The molecule has 0 radical (unpaired) electrons. The molecule has 1 fully saturated rings. The number of nitrogens with zero attached hydrogens (tertiary/aromatic N) is 3. The van der Waals surface area contributed by atoms with Gasteiger partial charge >= 0.3 is 0 Å². The average molecular weight is 484 g/mol. The van der Waals surface area contributed by atoms with Crippen LogP contribution in [0.4, 0.5) is 5.69 Å². The Morgan fingerprint density at radius 1 is 1.09 bits per heavy atom. The summed E-state index contributed by atoms with van der Waals surface area (Å²) in [6.45, 7) is 10.4. The van der Waals surface area contributed by atoms with Crippen molar-refractivity contribution < 1.29 is 14.3 Å². The molecular formula is C27H41N5O3. The van der Waals surface area contributed by atoms with Crippen LogP contribution >= 0.6 is 0 Å². The number of hydrogen-bond acceptors (Lipinski definition) is 6. The third-order valence-corrected chi connectivity index (χ3v) is 5.72. The molecule has 1 unspecified atom stereocenters. The first-order chi connectivity index (χ1) is 16.8. The highest BCUT2D eigenvalue weighted by Gasteiger charge is 2.22. The van der Waals surface area contributed by atoms with E-state index < -0.39 is 6.10 Å². The molecule has 0 bridgehead atoms. The predicted octanol–water partition coefficient (Wildman–Crippen LogP) is 3.41. The Morgan fingerprint density at radius 3 is 2.37 bits per heavy atom. The number of pyridine rings is 1. The third kappa shape index (κ3) is 10.1. The van der Waals surface area contributed by atoms with Gasteiger partial charge in [0.05, 0.1) is 0 Å². The molecule has 192 valence electrons. The van der Waals surface area contributed by atoms with E-state index in [1.165, 1.54) is 12.7 Å². The van der Waals surface area contributed by atoms with Gasteiger partial charge in [-0.2, -0.15) is 0 Å². The molecule has 2 amide bonds. The standard InChI is InChI=1S/C17H26N4O3.C10H15N/c1-4-5-15(24-3)16(22)19-13-6-7-18-14(12-13)17(23)21-10-8-20(2)9-11-21;1-9(2)11-8-10-6-4-3-5-7-10/h6-7,12,15H,4-5,8-11H2,1-3H3,(H,18,19,22);3-7,9,11H,8H2,1-2H3. The summed E-state index contributed by atoms with van der Waals surface area (Å²) in [5.74, 6) is -0.306. The maximum Gasteiger partial charge on any atom is 0.272 e. The number of ether oxygens (including phenoxy) is 1. The normalized spacial score (nSPS) is 14.7. The van der Waals surface area contributed by atoms with Crippen molar-refractivity contribution in [2.45, 2.75) is 52.3 Å². The lowest BCUT2D eigenvalue weighted by molar-refractivity contribution is -0.126. The van der Waals surface area contributed by atoms with Gasteiger partial charge in [0.25, 0.3) is 11.8 Å². The summed E-state index contributed by atoms with van der Waals surface area (Å²) in [5, 5.41) is 6.16. The first kappa shape index (κ1) is 28.4. The van der Waals surface area contributed by atoms with Gasteiger partial charge in [-0.05, 0) is 31.2 Å². The summed E-state index contributed by atoms with van der Waals surface area (Å²) in [6, 6.07) is 14.3. The second-order valence-electron chi connectivity index (χ2n) is 9.05. The van der Waals surface area contributed by atoms with E-state index in [0.717, 1.165) is 26.1 Å². The van der Waals surface area contributed by atoms with Gasteiger partial charge in [-0.3, -0.25) is 14.6 Å². The number of aromatic nitrogens is 1. The van der Waals surface area contributed by atoms with Crippen LogP contribution in [0.5, 0.6) is 0 Å². The zero-order valence-electron chi connectivity index (χ0n) is 21.8. The van der Waals surface area contributed by atoms with Crippen molar-refractivity contribution in [2.75, 3.05) is 45.7 Å². The zero-order valence-corrected chi connectivity index (χ0v) is 21.8. The highest BCUT2D eigenvalue weighted by atomic mass is 16.5. The molecule has 35 heavy (non-hydrogen) atoms. The number of hydrogen-bond donors (Lipinski definition) is 2. The number of methoxy groups -OCH3 is 1. The molecule has 1 atom stereocenters. The number of rotatable bonds is 9. The minimum Gasteiger partial charge on any atom is -0.372 e. The molecule has 2 N–H and O–H groups in total. The van der Waals surface area contributed by atoms with Crippen molar-refractivity contribution in [1.29, 1.82) is 0 Å². The van der Waals surface area contributed by atoms with Crippen LogP contribution in [0.3, 0.4) is 0 Å².